The van der Waals surface area contributed by atoms with Crippen LogP contribution in [-0.2, 0) is 0 Å². The van der Waals surface area contributed by atoms with Crippen LogP contribution in [0.4, 0.5) is 0 Å². The Hall–Kier alpha value is -2.47. The molecule has 102 valence electrons. The molecule has 5 nitrogen and oxygen atoms in total. The molecule has 0 aliphatic carbocycles. The van der Waals surface area contributed by atoms with Crippen molar-refractivity contribution in [1.29, 1.82) is 0 Å². The van der Waals surface area contributed by atoms with Crippen molar-refractivity contribution in [3.63, 3.8) is 0 Å². The van der Waals surface area contributed by atoms with Crippen LogP contribution in [0.15, 0.2) is 53.1 Å². The van der Waals surface area contributed by atoms with Crippen molar-refractivity contribution in [2.45, 2.75) is 0 Å². The van der Waals surface area contributed by atoms with Gasteiger partial charge < -0.3 is 4.40 Å². The summed E-state index contributed by atoms with van der Waals surface area (Å²) < 4.78 is 5.24. The molecule has 2 N–H and O–H groups in total. The van der Waals surface area contributed by atoms with Gasteiger partial charge in [-0.2, -0.15) is 0 Å². The molecule has 0 unspecified atom stereocenters. The molecule has 0 aliphatic heterocycles. The maximum Gasteiger partial charge on any atom is 0.184 e. The summed E-state index contributed by atoms with van der Waals surface area (Å²) in [5.74, 6) is 0. The van der Waals surface area contributed by atoms with E-state index in [2.05, 4.69) is 78.5 Å². The molecule has 3 heterocycles. The summed E-state index contributed by atoms with van der Waals surface area (Å²) in [6, 6.07) is 14.6. The molecule has 0 amide bonds. The zero-order valence-electron chi connectivity index (χ0n) is 10.8. The molecule has 6 heteroatoms. The van der Waals surface area contributed by atoms with E-state index in [1.807, 2.05) is 10.6 Å². The third-order valence-corrected chi connectivity index (χ3v) is 4.42. The molecule has 0 bridgehead atoms. The van der Waals surface area contributed by atoms with Crippen LogP contribution in [0, 0.1) is 0 Å². The molecule has 0 spiro atoms. The van der Waals surface area contributed by atoms with Gasteiger partial charge in [-0.15, -0.1) is 5.10 Å². The van der Waals surface area contributed by atoms with E-state index in [0.29, 0.717) is 0 Å². The fourth-order valence-electron chi connectivity index (χ4n) is 3.04. The number of aromatic nitrogens is 5. The minimum Gasteiger partial charge on any atom is -0.314 e. The fraction of sp³-hybridized carbons (Fsp3) is 0. The Morgan fingerprint density at radius 2 is 2.00 bits per heavy atom. The Morgan fingerprint density at radius 1 is 1.05 bits per heavy atom. The minimum atomic E-state index is 0.877. The maximum absolute atomic E-state index is 4.40. The topological polar surface area (TPSA) is 53.3 Å². The maximum atomic E-state index is 4.40. The first-order valence-electron chi connectivity index (χ1n) is 6.62. The zero-order valence-corrected chi connectivity index (χ0v) is 12.4. The van der Waals surface area contributed by atoms with Crippen molar-refractivity contribution in [2.75, 3.05) is 0 Å². The summed E-state index contributed by atoms with van der Waals surface area (Å²) in [6.45, 7) is 0. The molecular weight excluding hydrogens is 330 g/mol. The molecule has 0 radical (unpaired) electrons. The van der Waals surface area contributed by atoms with Gasteiger partial charge in [-0.05, 0) is 30.3 Å². The number of rotatable bonds is 0. The number of hydrogen-bond acceptors (Lipinski definition) is 1. The lowest BCUT2D eigenvalue weighted by atomic mass is 10.2. The van der Waals surface area contributed by atoms with Crippen LogP contribution in [0.5, 0.6) is 0 Å². The average molecular weight is 340 g/mol. The van der Waals surface area contributed by atoms with Crippen LogP contribution in [0.1, 0.15) is 0 Å². The summed E-state index contributed by atoms with van der Waals surface area (Å²) in [5, 5.41) is 12.7. The molecule has 0 fully saturated rings. The Balaban J connectivity index is 2.31. The van der Waals surface area contributed by atoms with E-state index in [9.17, 15) is 0 Å². The van der Waals surface area contributed by atoms with Crippen molar-refractivity contribution < 1.29 is 0 Å². The average Bonchev–Trinajstić information content (AvgIpc) is 3.11. The van der Waals surface area contributed by atoms with Gasteiger partial charge in [-0.3, -0.25) is 0 Å². The normalized spacial score (nSPS) is 12.0. The lowest BCUT2D eigenvalue weighted by molar-refractivity contribution is 0.841. The highest BCUT2D eigenvalue weighted by molar-refractivity contribution is 9.10. The quantitative estimate of drug-likeness (QED) is 0.442. The number of halogens is 1. The Morgan fingerprint density at radius 3 is 2.95 bits per heavy atom. The third kappa shape index (κ3) is 1.37. The number of para-hydroxylation sites is 1. The second kappa shape index (κ2) is 3.79. The van der Waals surface area contributed by atoms with Crippen LogP contribution in [-0.4, -0.2) is 24.4 Å². The number of fused-ring (bicyclic) bond motifs is 5. The number of tetrazole rings is 1. The second-order valence-corrected chi connectivity index (χ2v) is 5.97. The highest BCUT2D eigenvalue weighted by Crippen LogP contribution is 2.28. The summed E-state index contributed by atoms with van der Waals surface area (Å²) in [4.78, 5) is 0. The predicted molar refractivity (Wildman–Crippen MR) is 86.4 cm³/mol. The molecule has 3 aromatic heterocycles. The third-order valence-electron chi connectivity index (χ3n) is 3.93. The molecule has 2 aromatic carbocycles. The van der Waals surface area contributed by atoms with Gasteiger partial charge in [-0.25, -0.2) is 14.9 Å². The Labute approximate surface area is 126 Å². The van der Waals surface area contributed by atoms with Gasteiger partial charge in [0.15, 0.2) is 5.65 Å². The van der Waals surface area contributed by atoms with E-state index in [4.69, 9.17) is 0 Å². The summed E-state index contributed by atoms with van der Waals surface area (Å²) in [7, 11) is 0. The lowest BCUT2D eigenvalue weighted by Crippen LogP contribution is -1.89. The van der Waals surface area contributed by atoms with E-state index in [1.165, 1.54) is 10.9 Å². The van der Waals surface area contributed by atoms with Crippen LogP contribution >= 0.6 is 15.9 Å². The lowest BCUT2D eigenvalue weighted by Gasteiger charge is -1.99. The van der Waals surface area contributed by atoms with Crippen molar-refractivity contribution in [3.8, 4) is 0 Å². The standard InChI is InChI=1S/C15H10BrN5/c16-10-4-5-12-13(8-10)20-7-6-9-2-1-3-11(14(9)20)15-17-18-19-21(12)15/h1-8,18-19H. The van der Waals surface area contributed by atoms with Gasteiger partial charge in [0.1, 0.15) is 0 Å². The van der Waals surface area contributed by atoms with Crippen LogP contribution in [0.25, 0.3) is 33.0 Å². The molecule has 5 rings (SSSR count). The first-order valence-corrected chi connectivity index (χ1v) is 7.41. The predicted octanol–water partition coefficient (Wildman–Crippen LogP) is 3.87. The number of nitrogens with one attached hydrogen (secondary N) is 2. The largest absolute Gasteiger partial charge is 0.314 e. The number of benzene rings is 2. The van der Waals surface area contributed by atoms with Crippen molar-refractivity contribution in [1.82, 2.24) is 24.4 Å². The molecule has 0 atom stereocenters. The zero-order chi connectivity index (χ0) is 14.0. The van der Waals surface area contributed by atoms with E-state index >= 15 is 0 Å². The first-order chi connectivity index (χ1) is 10.3. The van der Waals surface area contributed by atoms with Crippen LogP contribution in [0.3, 0.4) is 0 Å². The van der Waals surface area contributed by atoms with Crippen LogP contribution < -0.4 is 0 Å². The Bertz CT molecular complexity index is 1150. The SMILES string of the molecule is Brc1ccc2c(c1)n1ccc3cccc(c31)c1n[nH][nH]n21. The number of aromatic amines is 2. The minimum absolute atomic E-state index is 0.877. The van der Waals surface area contributed by atoms with E-state index in [-0.39, 0.29) is 0 Å². The number of nitrogens with zero attached hydrogens (tertiary/aromatic N) is 3. The van der Waals surface area contributed by atoms with Crippen molar-refractivity contribution >= 4 is 48.9 Å². The number of H-pyrrole nitrogens is 2. The molecule has 0 saturated carbocycles. The fourth-order valence-corrected chi connectivity index (χ4v) is 3.39. The van der Waals surface area contributed by atoms with E-state index < -0.39 is 0 Å². The molecule has 21 heavy (non-hydrogen) atoms. The van der Waals surface area contributed by atoms with Gasteiger partial charge in [0, 0.05) is 21.4 Å². The second-order valence-electron chi connectivity index (χ2n) is 5.06. The summed E-state index contributed by atoms with van der Waals surface area (Å²) in [5.41, 5.74) is 4.20. The van der Waals surface area contributed by atoms with Gasteiger partial charge in [0.25, 0.3) is 0 Å². The Kier molecular flexibility index (Phi) is 2.03. The molecule has 5 aromatic rings. The van der Waals surface area contributed by atoms with Gasteiger partial charge in [0.2, 0.25) is 0 Å². The van der Waals surface area contributed by atoms with Crippen LogP contribution in [0.2, 0.25) is 0 Å². The monoisotopic (exact) mass is 339 g/mol. The number of hydrogen-bond donors (Lipinski definition) is 2. The first kappa shape index (κ1) is 11.2. The smallest absolute Gasteiger partial charge is 0.184 e. The van der Waals surface area contributed by atoms with Gasteiger partial charge in [0.05, 0.1) is 16.6 Å². The highest BCUT2D eigenvalue weighted by Gasteiger charge is 2.11. The summed E-state index contributed by atoms with van der Waals surface area (Å²) >= 11 is 3.57. The van der Waals surface area contributed by atoms with Crippen molar-refractivity contribution in [3.05, 3.63) is 53.1 Å². The highest BCUT2D eigenvalue weighted by atomic mass is 79.9. The molecule has 0 saturated heterocycles. The van der Waals surface area contributed by atoms with E-state index in [0.717, 1.165) is 26.5 Å². The molecule has 0 aliphatic rings. The molecular formula is C15H10BrN5. The van der Waals surface area contributed by atoms with Crippen molar-refractivity contribution in [2.24, 2.45) is 0 Å². The van der Waals surface area contributed by atoms with Gasteiger partial charge >= 0.3 is 0 Å². The van der Waals surface area contributed by atoms with Gasteiger partial charge in [-0.1, -0.05) is 28.1 Å². The van der Waals surface area contributed by atoms with E-state index in [1.54, 1.807) is 0 Å². The summed E-state index contributed by atoms with van der Waals surface area (Å²) in [6.07, 6.45) is 2.11.